The van der Waals surface area contributed by atoms with Crippen molar-refractivity contribution in [3.05, 3.63) is 0 Å². The van der Waals surface area contributed by atoms with Crippen LogP contribution in [0.3, 0.4) is 0 Å². The normalized spacial score (nSPS) is 50.1. The van der Waals surface area contributed by atoms with Gasteiger partial charge in [-0.15, -0.1) is 0 Å². The zero-order valence-electron chi connectivity index (χ0n) is 16.2. The Kier molecular flexibility index (Phi) is 3.39. The van der Waals surface area contributed by atoms with Gasteiger partial charge < -0.3 is 4.90 Å². The highest BCUT2D eigenvalue weighted by Crippen LogP contribution is 2.70. The fourth-order valence-corrected chi connectivity index (χ4v) is 8.63. The van der Waals surface area contributed by atoms with E-state index in [2.05, 4.69) is 11.8 Å². The molecule has 1 heterocycles. The van der Waals surface area contributed by atoms with Gasteiger partial charge in [0.25, 0.3) is 0 Å². The van der Waals surface area contributed by atoms with Crippen molar-refractivity contribution in [2.45, 2.75) is 83.6 Å². The molecule has 0 aromatic heterocycles. The van der Waals surface area contributed by atoms with Crippen molar-refractivity contribution in [2.24, 2.45) is 28.6 Å². The van der Waals surface area contributed by atoms with Gasteiger partial charge in [0.2, 0.25) is 5.91 Å². The molecule has 4 saturated carbocycles. The molecule has 0 aromatic carbocycles. The summed E-state index contributed by atoms with van der Waals surface area (Å²) in [5.41, 5.74) is -0.185. The number of Topliss-reactive ketones (excluding diaryl/α,β-unsaturated/α-hetero) is 2. The van der Waals surface area contributed by atoms with Crippen molar-refractivity contribution in [3.63, 3.8) is 0 Å². The van der Waals surface area contributed by atoms with Crippen molar-refractivity contribution in [3.8, 4) is 0 Å². The second-order valence-electron chi connectivity index (χ2n) is 10.2. The van der Waals surface area contributed by atoms with Crippen LogP contribution in [-0.2, 0) is 14.4 Å². The molecule has 4 aliphatic carbocycles. The van der Waals surface area contributed by atoms with Crippen LogP contribution in [0.5, 0.6) is 0 Å². The fraction of sp³-hybridized carbons (Fsp3) is 0.864. The van der Waals surface area contributed by atoms with E-state index < -0.39 is 0 Å². The number of nitrogens with zero attached hydrogens (tertiary/aromatic N) is 1. The summed E-state index contributed by atoms with van der Waals surface area (Å²) in [4.78, 5) is 39.6. The van der Waals surface area contributed by atoms with Crippen LogP contribution in [0.4, 0.5) is 0 Å². The van der Waals surface area contributed by atoms with Gasteiger partial charge in [0.1, 0.15) is 11.6 Å². The molecule has 0 spiro atoms. The van der Waals surface area contributed by atoms with Crippen LogP contribution >= 0.6 is 0 Å². The maximum Gasteiger partial charge on any atom is 0.219 e. The molecule has 0 N–H and O–H groups in total. The van der Waals surface area contributed by atoms with Gasteiger partial charge in [-0.25, -0.2) is 0 Å². The molecule has 6 atom stereocenters. The van der Waals surface area contributed by atoms with Crippen LogP contribution in [-0.4, -0.2) is 34.5 Å². The van der Waals surface area contributed by atoms with Crippen LogP contribution in [0.25, 0.3) is 0 Å². The molecule has 142 valence electrons. The molecule has 0 aromatic rings. The Morgan fingerprint density at radius 2 is 1.81 bits per heavy atom. The van der Waals surface area contributed by atoms with Gasteiger partial charge in [-0.05, 0) is 68.1 Å². The summed E-state index contributed by atoms with van der Waals surface area (Å²) in [6, 6.07) is 0. The Morgan fingerprint density at radius 1 is 1.00 bits per heavy atom. The number of amides is 1. The maximum absolute atomic E-state index is 12.6. The Labute approximate surface area is 156 Å². The number of carbonyl (C=O) groups is 3. The molecule has 5 aliphatic rings. The predicted molar refractivity (Wildman–Crippen MR) is 97.3 cm³/mol. The topological polar surface area (TPSA) is 54.5 Å². The van der Waals surface area contributed by atoms with Crippen LogP contribution in [0.1, 0.15) is 78.1 Å². The standard InChI is InChI=1S/C22H31NO3/c1-14(24)23-12-11-21-9-5-15(25)13-22(21,23)10-6-16-17-3-4-19(26)20(17,2)8-7-18(16)21/h16-18H,3-13H2,1-2H3/t16-,17-,18-,20-,21?,22?/m0/s1. The van der Waals surface area contributed by atoms with Crippen molar-refractivity contribution in [1.82, 2.24) is 4.90 Å². The van der Waals surface area contributed by atoms with Gasteiger partial charge in [-0.2, -0.15) is 0 Å². The molecule has 1 aliphatic heterocycles. The molecule has 1 amide bonds. The highest BCUT2D eigenvalue weighted by molar-refractivity contribution is 5.87. The molecule has 4 heteroatoms. The van der Waals surface area contributed by atoms with E-state index in [1.807, 2.05) is 0 Å². The van der Waals surface area contributed by atoms with E-state index in [9.17, 15) is 14.4 Å². The number of ketones is 2. The first-order chi connectivity index (χ1) is 12.3. The summed E-state index contributed by atoms with van der Waals surface area (Å²) in [5, 5.41) is 0. The zero-order chi connectivity index (χ0) is 18.3. The minimum atomic E-state index is -0.217. The van der Waals surface area contributed by atoms with E-state index in [1.54, 1.807) is 6.92 Å². The SMILES string of the molecule is CC(=O)N1CCC23CCC(=O)CC12CC[C@@H]1[C@@H]3CC[C@]2(C)C(=O)CC[C@@H]12. The molecule has 5 fully saturated rings. The number of fused-ring (bicyclic) bond motifs is 3. The monoisotopic (exact) mass is 357 g/mol. The van der Waals surface area contributed by atoms with Gasteiger partial charge in [-0.3, -0.25) is 14.4 Å². The summed E-state index contributed by atoms with van der Waals surface area (Å²) in [6.45, 7) is 4.74. The largest absolute Gasteiger partial charge is 0.336 e. The average Bonchev–Trinajstić information content (AvgIpc) is 3.10. The van der Waals surface area contributed by atoms with Crippen LogP contribution in [0, 0.1) is 28.6 Å². The summed E-state index contributed by atoms with van der Waals surface area (Å²) in [6.07, 6.45) is 9.34. The second kappa shape index (κ2) is 5.20. The molecular formula is C22H31NO3. The first kappa shape index (κ1) is 16.9. The molecule has 1 saturated heterocycles. The fourth-order valence-electron chi connectivity index (χ4n) is 8.63. The lowest BCUT2D eigenvalue weighted by Crippen LogP contribution is -2.66. The first-order valence-corrected chi connectivity index (χ1v) is 10.7. The van der Waals surface area contributed by atoms with E-state index in [0.717, 1.165) is 57.9 Å². The zero-order valence-corrected chi connectivity index (χ0v) is 16.2. The number of hydrogen-bond acceptors (Lipinski definition) is 3. The van der Waals surface area contributed by atoms with Crippen molar-refractivity contribution < 1.29 is 14.4 Å². The minimum absolute atomic E-state index is 0.0961. The van der Waals surface area contributed by atoms with Crippen LogP contribution in [0.2, 0.25) is 0 Å². The van der Waals surface area contributed by atoms with Crippen LogP contribution < -0.4 is 0 Å². The lowest BCUT2D eigenvalue weighted by Gasteiger charge is -2.64. The third-order valence-corrected chi connectivity index (χ3v) is 9.69. The third kappa shape index (κ3) is 1.79. The molecular weight excluding hydrogens is 326 g/mol. The van der Waals surface area contributed by atoms with E-state index in [1.165, 1.54) is 0 Å². The number of carbonyl (C=O) groups excluding carboxylic acids is 3. The smallest absolute Gasteiger partial charge is 0.219 e. The van der Waals surface area contributed by atoms with Gasteiger partial charge >= 0.3 is 0 Å². The van der Waals surface area contributed by atoms with E-state index >= 15 is 0 Å². The van der Waals surface area contributed by atoms with E-state index in [4.69, 9.17) is 0 Å². The summed E-state index contributed by atoms with van der Waals surface area (Å²) in [5.74, 6) is 2.74. The van der Waals surface area contributed by atoms with E-state index in [0.29, 0.717) is 42.2 Å². The molecule has 5 rings (SSSR count). The number of likely N-dealkylation sites (tertiary alicyclic amines) is 1. The third-order valence-electron chi connectivity index (χ3n) is 9.69. The first-order valence-electron chi connectivity index (χ1n) is 10.7. The van der Waals surface area contributed by atoms with Gasteiger partial charge in [0, 0.05) is 38.1 Å². The summed E-state index contributed by atoms with van der Waals surface area (Å²) in [7, 11) is 0. The second-order valence-corrected chi connectivity index (χ2v) is 10.2. The lowest BCUT2D eigenvalue weighted by atomic mass is 9.42. The highest BCUT2D eigenvalue weighted by atomic mass is 16.2. The summed E-state index contributed by atoms with van der Waals surface area (Å²) >= 11 is 0. The minimum Gasteiger partial charge on any atom is -0.336 e. The summed E-state index contributed by atoms with van der Waals surface area (Å²) < 4.78 is 0. The molecule has 2 unspecified atom stereocenters. The van der Waals surface area contributed by atoms with E-state index in [-0.39, 0.29) is 22.3 Å². The van der Waals surface area contributed by atoms with Crippen molar-refractivity contribution in [2.75, 3.05) is 6.54 Å². The lowest BCUT2D eigenvalue weighted by molar-refractivity contribution is -0.167. The Bertz CT molecular complexity index is 702. The van der Waals surface area contributed by atoms with Crippen LogP contribution in [0.15, 0.2) is 0 Å². The predicted octanol–water partition coefficient (Wildman–Crippen LogP) is 3.52. The Hall–Kier alpha value is -1.19. The number of hydrogen-bond donors (Lipinski definition) is 0. The molecule has 26 heavy (non-hydrogen) atoms. The maximum atomic E-state index is 12.6. The molecule has 4 nitrogen and oxygen atoms in total. The Balaban J connectivity index is 1.58. The van der Waals surface area contributed by atoms with Crippen molar-refractivity contribution >= 4 is 17.5 Å². The van der Waals surface area contributed by atoms with Gasteiger partial charge in [0.05, 0.1) is 5.54 Å². The van der Waals surface area contributed by atoms with Gasteiger partial charge in [0.15, 0.2) is 0 Å². The number of rotatable bonds is 0. The van der Waals surface area contributed by atoms with Gasteiger partial charge in [-0.1, -0.05) is 6.92 Å². The Morgan fingerprint density at radius 3 is 2.58 bits per heavy atom. The van der Waals surface area contributed by atoms with Crippen molar-refractivity contribution in [1.29, 1.82) is 0 Å². The highest BCUT2D eigenvalue weighted by Gasteiger charge is 2.70. The quantitative estimate of drug-likeness (QED) is 0.666. The molecule has 0 bridgehead atoms. The average molecular weight is 357 g/mol. The molecule has 0 radical (unpaired) electrons.